The van der Waals surface area contributed by atoms with Crippen LogP contribution in [0.4, 0.5) is 0 Å². The molecule has 0 aliphatic carbocycles. The van der Waals surface area contributed by atoms with Gasteiger partial charge in [-0.2, -0.15) is 0 Å². The van der Waals surface area contributed by atoms with E-state index in [0.717, 1.165) is 19.6 Å². The number of piperazine rings is 1. The third-order valence-electron chi connectivity index (χ3n) is 4.42. The molecule has 1 aromatic carbocycles. The molecule has 1 heterocycles. The van der Waals surface area contributed by atoms with Crippen molar-refractivity contribution in [2.75, 3.05) is 33.2 Å². The fourth-order valence-electron chi connectivity index (χ4n) is 2.93. The third kappa shape index (κ3) is 4.78. The zero-order chi connectivity index (χ0) is 15.2. The van der Waals surface area contributed by atoms with Crippen molar-refractivity contribution in [3.05, 3.63) is 33.8 Å². The predicted octanol–water partition coefficient (Wildman–Crippen LogP) is 3.08. The number of nitrogens with zero attached hydrogens (tertiary/aromatic N) is 2. The van der Waals surface area contributed by atoms with Crippen molar-refractivity contribution in [3.8, 4) is 0 Å². The average molecular weight is 354 g/mol. The van der Waals surface area contributed by atoms with Gasteiger partial charge in [-0.1, -0.05) is 41.9 Å². The maximum atomic E-state index is 3.75. The van der Waals surface area contributed by atoms with Gasteiger partial charge in [0.25, 0.3) is 0 Å². The van der Waals surface area contributed by atoms with Crippen molar-refractivity contribution in [2.24, 2.45) is 0 Å². The Labute approximate surface area is 137 Å². The van der Waals surface area contributed by atoms with Crippen LogP contribution in [0.3, 0.4) is 0 Å². The van der Waals surface area contributed by atoms with Gasteiger partial charge in [0.1, 0.15) is 0 Å². The van der Waals surface area contributed by atoms with Gasteiger partial charge in [-0.3, -0.25) is 4.90 Å². The maximum Gasteiger partial charge on any atom is 0.0246 e. The summed E-state index contributed by atoms with van der Waals surface area (Å²) in [6.45, 7) is 11.0. The quantitative estimate of drug-likeness (QED) is 0.847. The standard InChI is InChI=1S/C17H28BrN3/c1-4-16-13-21(9-8-20(16)3)12-15-7-6-14(10-17(15)18)11-19-5-2/h6-7,10,16,19H,4-5,8-9,11-13H2,1-3H3. The number of benzene rings is 1. The van der Waals surface area contributed by atoms with Crippen molar-refractivity contribution in [1.29, 1.82) is 0 Å². The molecule has 1 aromatic rings. The van der Waals surface area contributed by atoms with E-state index < -0.39 is 0 Å². The summed E-state index contributed by atoms with van der Waals surface area (Å²) in [6.07, 6.45) is 1.23. The summed E-state index contributed by atoms with van der Waals surface area (Å²) in [5.74, 6) is 0. The van der Waals surface area contributed by atoms with Gasteiger partial charge >= 0.3 is 0 Å². The van der Waals surface area contributed by atoms with Gasteiger partial charge in [0, 0.05) is 43.2 Å². The van der Waals surface area contributed by atoms with Crippen LogP contribution in [-0.4, -0.2) is 49.1 Å². The summed E-state index contributed by atoms with van der Waals surface area (Å²) in [5, 5.41) is 3.37. The predicted molar refractivity (Wildman–Crippen MR) is 93.5 cm³/mol. The van der Waals surface area contributed by atoms with Crippen LogP contribution in [-0.2, 0) is 13.1 Å². The van der Waals surface area contributed by atoms with Gasteiger partial charge in [0.05, 0.1) is 0 Å². The summed E-state index contributed by atoms with van der Waals surface area (Å²) in [6, 6.07) is 7.47. The zero-order valence-electron chi connectivity index (χ0n) is 13.5. The van der Waals surface area contributed by atoms with E-state index >= 15 is 0 Å². The van der Waals surface area contributed by atoms with E-state index in [1.165, 1.54) is 41.7 Å². The Bertz CT molecular complexity index is 450. The number of hydrogen-bond donors (Lipinski definition) is 1. The van der Waals surface area contributed by atoms with E-state index in [9.17, 15) is 0 Å². The molecule has 1 aliphatic heterocycles. The highest BCUT2D eigenvalue weighted by Crippen LogP contribution is 2.22. The first-order valence-electron chi connectivity index (χ1n) is 8.04. The molecule has 3 nitrogen and oxygen atoms in total. The molecule has 1 fully saturated rings. The van der Waals surface area contributed by atoms with Gasteiger partial charge in [0.2, 0.25) is 0 Å². The lowest BCUT2D eigenvalue weighted by Crippen LogP contribution is -2.50. The molecule has 1 unspecified atom stereocenters. The minimum atomic E-state index is 0.700. The van der Waals surface area contributed by atoms with Crippen molar-refractivity contribution in [3.63, 3.8) is 0 Å². The maximum absolute atomic E-state index is 3.75. The molecule has 2 rings (SSSR count). The first-order valence-corrected chi connectivity index (χ1v) is 8.84. The Balaban J connectivity index is 1.96. The number of likely N-dealkylation sites (N-methyl/N-ethyl adjacent to an activating group) is 1. The number of nitrogens with one attached hydrogen (secondary N) is 1. The zero-order valence-corrected chi connectivity index (χ0v) is 15.1. The minimum absolute atomic E-state index is 0.700. The molecule has 4 heteroatoms. The highest BCUT2D eigenvalue weighted by Gasteiger charge is 2.23. The molecule has 1 N–H and O–H groups in total. The Morgan fingerprint density at radius 2 is 2.10 bits per heavy atom. The van der Waals surface area contributed by atoms with Crippen molar-refractivity contribution >= 4 is 15.9 Å². The van der Waals surface area contributed by atoms with Gasteiger partial charge in [0.15, 0.2) is 0 Å². The second-order valence-electron chi connectivity index (χ2n) is 5.98. The van der Waals surface area contributed by atoms with Crippen molar-refractivity contribution in [1.82, 2.24) is 15.1 Å². The van der Waals surface area contributed by atoms with Crippen LogP contribution in [0.2, 0.25) is 0 Å². The van der Waals surface area contributed by atoms with Crippen LogP contribution in [0.5, 0.6) is 0 Å². The molecular weight excluding hydrogens is 326 g/mol. The Kier molecular flexibility index (Phi) is 6.68. The number of halogens is 1. The molecular formula is C17H28BrN3. The van der Waals surface area contributed by atoms with Crippen molar-refractivity contribution < 1.29 is 0 Å². The Morgan fingerprint density at radius 1 is 1.29 bits per heavy atom. The average Bonchev–Trinajstić information content (AvgIpc) is 2.49. The molecule has 0 saturated carbocycles. The second kappa shape index (κ2) is 8.28. The van der Waals surface area contributed by atoms with Gasteiger partial charge in [-0.05, 0) is 37.2 Å². The SMILES string of the molecule is CCNCc1ccc(CN2CCN(C)C(CC)C2)c(Br)c1. The summed E-state index contributed by atoms with van der Waals surface area (Å²) in [4.78, 5) is 5.07. The molecule has 21 heavy (non-hydrogen) atoms. The molecule has 1 saturated heterocycles. The Hall–Kier alpha value is -0.420. The molecule has 118 valence electrons. The fourth-order valence-corrected chi connectivity index (χ4v) is 3.49. The van der Waals surface area contributed by atoms with E-state index in [2.05, 4.69) is 70.1 Å². The molecule has 0 spiro atoms. The second-order valence-corrected chi connectivity index (χ2v) is 6.84. The molecule has 1 atom stereocenters. The highest BCUT2D eigenvalue weighted by atomic mass is 79.9. The van der Waals surface area contributed by atoms with E-state index in [1.54, 1.807) is 0 Å². The van der Waals surface area contributed by atoms with E-state index in [4.69, 9.17) is 0 Å². The summed E-state index contributed by atoms with van der Waals surface area (Å²) in [7, 11) is 2.25. The summed E-state index contributed by atoms with van der Waals surface area (Å²) >= 11 is 3.75. The van der Waals surface area contributed by atoms with Crippen LogP contribution < -0.4 is 5.32 Å². The lowest BCUT2D eigenvalue weighted by Gasteiger charge is -2.39. The van der Waals surface area contributed by atoms with Gasteiger partial charge in [-0.15, -0.1) is 0 Å². The first kappa shape index (κ1) is 16.9. The molecule has 0 radical (unpaired) electrons. The lowest BCUT2D eigenvalue weighted by molar-refractivity contribution is 0.0882. The highest BCUT2D eigenvalue weighted by molar-refractivity contribution is 9.10. The third-order valence-corrected chi connectivity index (χ3v) is 5.16. The van der Waals surface area contributed by atoms with Crippen LogP contribution in [0.15, 0.2) is 22.7 Å². The normalized spacial score (nSPS) is 20.9. The smallest absolute Gasteiger partial charge is 0.0246 e. The topological polar surface area (TPSA) is 18.5 Å². The molecule has 0 aromatic heterocycles. The van der Waals surface area contributed by atoms with Crippen molar-refractivity contribution in [2.45, 2.75) is 39.4 Å². The van der Waals surface area contributed by atoms with Crippen LogP contribution in [0.25, 0.3) is 0 Å². The monoisotopic (exact) mass is 353 g/mol. The molecule has 0 amide bonds. The fraction of sp³-hybridized carbons (Fsp3) is 0.647. The van der Waals surface area contributed by atoms with Crippen LogP contribution in [0.1, 0.15) is 31.4 Å². The van der Waals surface area contributed by atoms with E-state index in [1.807, 2.05) is 0 Å². The summed E-state index contributed by atoms with van der Waals surface area (Å²) < 4.78 is 1.24. The van der Waals surface area contributed by atoms with Crippen LogP contribution in [0, 0.1) is 0 Å². The first-order chi connectivity index (χ1) is 10.1. The van der Waals surface area contributed by atoms with Gasteiger partial charge < -0.3 is 10.2 Å². The number of hydrogen-bond acceptors (Lipinski definition) is 3. The summed E-state index contributed by atoms with van der Waals surface area (Å²) in [5.41, 5.74) is 2.74. The lowest BCUT2D eigenvalue weighted by atomic mass is 10.1. The molecule has 0 bridgehead atoms. The Morgan fingerprint density at radius 3 is 2.76 bits per heavy atom. The largest absolute Gasteiger partial charge is 0.313 e. The number of rotatable bonds is 6. The minimum Gasteiger partial charge on any atom is -0.313 e. The molecule has 1 aliphatic rings. The van der Waals surface area contributed by atoms with E-state index in [-0.39, 0.29) is 0 Å². The van der Waals surface area contributed by atoms with Crippen LogP contribution >= 0.6 is 15.9 Å². The van der Waals surface area contributed by atoms with Gasteiger partial charge in [-0.25, -0.2) is 0 Å². The van der Waals surface area contributed by atoms with E-state index in [0.29, 0.717) is 6.04 Å².